The largest absolute Gasteiger partial charge is 0.0802 e. The molecule has 3 rings (SSSR count). The number of rotatable bonds is 0. The van der Waals surface area contributed by atoms with Crippen molar-refractivity contribution in [3.63, 3.8) is 0 Å². The fraction of sp³-hybridized carbons (Fsp3) is 0.385. The lowest BCUT2D eigenvalue weighted by Crippen LogP contribution is -1.90. The maximum absolute atomic E-state index is 2.35. The highest BCUT2D eigenvalue weighted by Gasteiger charge is 2.38. The van der Waals surface area contributed by atoms with Gasteiger partial charge in [0.2, 0.25) is 0 Å². The molecule has 0 N–H and O–H groups in total. The minimum absolute atomic E-state index is 0.871. The maximum Gasteiger partial charge on any atom is -0.00869 e. The van der Waals surface area contributed by atoms with Crippen LogP contribution in [0.1, 0.15) is 37.3 Å². The minimum Gasteiger partial charge on any atom is -0.0802 e. The Morgan fingerprint density at radius 3 is 2.77 bits per heavy atom. The average Bonchev–Trinajstić information content (AvgIpc) is 3.00. The molecule has 1 saturated carbocycles. The van der Waals surface area contributed by atoms with Crippen LogP contribution in [0.2, 0.25) is 0 Å². The van der Waals surface area contributed by atoms with Crippen molar-refractivity contribution in [1.82, 2.24) is 0 Å². The first-order valence-electron chi connectivity index (χ1n) is 5.22. The summed E-state index contributed by atoms with van der Waals surface area (Å²) in [5, 5.41) is 0. The van der Waals surface area contributed by atoms with Crippen LogP contribution in [0, 0.1) is 5.92 Å². The van der Waals surface area contributed by atoms with Gasteiger partial charge < -0.3 is 0 Å². The molecular weight excluding hydrogens is 156 g/mol. The van der Waals surface area contributed by atoms with E-state index in [4.69, 9.17) is 0 Å². The van der Waals surface area contributed by atoms with Gasteiger partial charge in [-0.1, -0.05) is 50.3 Å². The molecule has 1 fully saturated rings. The van der Waals surface area contributed by atoms with Crippen molar-refractivity contribution >= 4 is 6.08 Å². The second kappa shape index (κ2) is 3.37. The van der Waals surface area contributed by atoms with Gasteiger partial charge in [-0.15, -0.1) is 0 Å². The molecule has 0 aromatic heterocycles. The van der Waals surface area contributed by atoms with Crippen LogP contribution in [0.5, 0.6) is 0 Å². The highest BCUT2D eigenvalue weighted by atomic mass is 14.4. The Labute approximate surface area is 80.3 Å². The van der Waals surface area contributed by atoms with Crippen LogP contribution in [0.4, 0.5) is 0 Å². The van der Waals surface area contributed by atoms with Gasteiger partial charge in [0.15, 0.2) is 0 Å². The summed E-state index contributed by atoms with van der Waals surface area (Å²) in [6.45, 7) is 4.00. The lowest BCUT2D eigenvalue weighted by Gasteiger charge is -2.07. The third-order valence-electron chi connectivity index (χ3n) is 2.76. The second-order valence-corrected chi connectivity index (χ2v) is 3.49. The molecule has 2 atom stereocenters. The molecule has 2 aliphatic rings. The summed E-state index contributed by atoms with van der Waals surface area (Å²) >= 11 is 0. The van der Waals surface area contributed by atoms with Crippen LogP contribution < -0.4 is 0 Å². The van der Waals surface area contributed by atoms with Gasteiger partial charge in [0.25, 0.3) is 0 Å². The quantitative estimate of drug-likeness (QED) is 0.557. The summed E-state index contributed by atoms with van der Waals surface area (Å²) in [7, 11) is 0. The molecule has 1 aromatic carbocycles. The predicted octanol–water partition coefficient (Wildman–Crippen LogP) is 3.84. The zero-order valence-electron chi connectivity index (χ0n) is 8.33. The van der Waals surface area contributed by atoms with Crippen LogP contribution in [0.15, 0.2) is 30.3 Å². The van der Waals surface area contributed by atoms with Gasteiger partial charge in [-0.2, -0.15) is 0 Å². The van der Waals surface area contributed by atoms with E-state index in [1.54, 1.807) is 5.56 Å². The van der Waals surface area contributed by atoms with Gasteiger partial charge in [-0.3, -0.25) is 0 Å². The van der Waals surface area contributed by atoms with Gasteiger partial charge in [0.05, 0.1) is 0 Å². The Morgan fingerprint density at radius 1 is 1.15 bits per heavy atom. The van der Waals surface area contributed by atoms with E-state index >= 15 is 0 Å². The van der Waals surface area contributed by atoms with E-state index in [2.05, 4.69) is 36.4 Å². The highest BCUT2D eigenvalue weighted by molar-refractivity contribution is 5.60. The average molecular weight is 172 g/mol. The van der Waals surface area contributed by atoms with Crippen molar-refractivity contribution in [2.75, 3.05) is 0 Å². The molecule has 0 amide bonds. The van der Waals surface area contributed by atoms with E-state index in [-0.39, 0.29) is 0 Å². The lowest BCUT2D eigenvalue weighted by atomic mass is 9.98. The van der Waals surface area contributed by atoms with Gasteiger partial charge in [-0.05, 0) is 29.4 Å². The molecule has 0 radical (unpaired) electrons. The third kappa shape index (κ3) is 1.41. The molecule has 0 saturated heterocycles. The summed E-state index contributed by atoms with van der Waals surface area (Å²) in [6, 6.07) is 8.74. The summed E-state index contributed by atoms with van der Waals surface area (Å²) in [6.07, 6.45) is 6.00. The molecule has 13 heavy (non-hydrogen) atoms. The predicted molar refractivity (Wildman–Crippen MR) is 57.7 cm³/mol. The number of allylic oxidation sites excluding steroid dienone is 1. The minimum atomic E-state index is 0.871. The number of hydrogen-bond acceptors (Lipinski definition) is 0. The molecule has 0 spiro atoms. The monoisotopic (exact) mass is 172 g/mol. The van der Waals surface area contributed by atoms with Crippen LogP contribution >= 0.6 is 0 Å². The van der Waals surface area contributed by atoms with Crippen molar-refractivity contribution < 1.29 is 0 Å². The van der Waals surface area contributed by atoms with Crippen LogP contribution in [0.25, 0.3) is 6.08 Å². The smallest absolute Gasteiger partial charge is 0.00869 e. The van der Waals surface area contributed by atoms with Crippen molar-refractivity contribution in [1.29, 1.82) is 0 Å². The molecule has 2 unspecified atom stereocenters. The van der Waals surface area contributed by atoms with Gasteiger partial charge in [-0.25, -0.2) is 0 Å². The van der Waals surface area contributed by atoms with Gasteiger partial charge >= 0.3 is 0 Å². The van der Waals surface area contributed by atoms with E-state index < -0.39 is 0 Å². The molecule has 0 nitrogen and oxygen atoms in total. The zero-order valence-corrected chi connectivity index (χ0v) is 8.33. The molecule has 1 aromatic rings. The Hall–Kier alpha value is -1.04. The molecule has 0 heterocycles. The Kier molecular flexibility index (Phi) is 2.22. The van der Waals surface area contributed by atoms with E-state index in [0.717, 1.165) is 11.8 Å². The fourth-order valence-electron chi connectivity index (χ4n) is 2.01. The first-order chi connectivity index (χ1) is 6.45. The topological polar surface area (TPSA) is 0 Å². The Balaban J connectivity index is 0.000000308. The number of fused-ring (bicyclic) bond motifs is 3. The number of benzene rings is 1. The van der Waals surface area contributed by atoms with E-state index in [1.807, 2.05) is 13.8 Å². The van der Waals surface area contributed by atoms with E-state index in [9.17, 15) is 0 Å². The maximum atomic E-state index is 2.35. The summed E-state index contributed by atoms with van der Waals surface area (Å²) in [5.74, 6) is 1.75. The lowest BCUT2D eigenvalue weighted by molar-refractivity contribution is 0.996. The van der Waals surface area contributed by atoms with E-state index in [0.29, 0.717) is 0 Å². The first-order valence-corrected chi connectivity index (χ1v) is 5.22. The molecule has 0 bridgehead atoms. The Bertz CT molecular complexity index is 323. The van der Waals surface area contributed by atoms with E-state index in [1.165, 1.54) is 12.0 Å². The van der Waals surface area contributed by atoms with Crippen molar-refractivity contribution in [3.8, 4) is 0 Å². The molecular formula is C13H16. The van der Waals surface area contributed by atoms with Crippen LogP contribution in [0.3, 0.4) is 0 Å². The van der Waals surface area contributed by atoms with Crippen molar-refractivity contribution in [2.45, 2.75) is 26.2 Å². The van der Waals surface area contributed by atoms with Crippen LogP contribution in [-0.4, -0.2) is 0 Å². The van der Waals surface area contributed by atoms with Crippen molar-refractivity contribution in [2.24, 2.45) is 5.92 Å². The van der Waals surface area contributed by atoms with Crippen molar-refractivity contribution in [3.05, 3.63) is 41.5 Å². The Morgan fingerprint density at radius 2 is 1.92 bits per heavy atom. The highest BCUT2D eigenvalue weighted by Crippen LogP contribution is 2.52. The fourth-order valence-corrected chi connectivity index (χ4v) is 2.01. The standard InChI is InChI=1S/C11H10.C2H6/c1-2-4-10-8(3-1)5-6-9-7-11(9)10;1-2/h1-6,9,11H,7H2;1-2H3. The summed E-state index contributed by atoms with van der Waals surface area (Å²) in [5.41, 5.74) is 3.01. The second-order valence-electron chi connectivity index (χ2n) is 3.49. The van der Waals surface area contributed by atoms with Gasteiger partial charge in [0.1, 0.15) is 0 Å². The molecule has 2 aliphatic carbocycles. The first kappa shape index (κ1) is 8.55. The number of hydrogen-bond donors (Lipinski definition) is 0. The van der Waals surface area contributed by atoms with Gasteiger partial charge in [0, 0.05) is 0 Å². The zero-order chi connectivity index (χ0) is 9.26. The molecule has 0 aliphatic heterocycles. The normalized spacial score (nSPS) is 26.6. The SMILES string of the molecule is C1=CC2CC2c2ccccc21.CC. The summed E-state index contributed by atoms with van der Waals surface area (Å²) < 4.78 is 0. The molecule has 0 heteroatoms. The molecule has 68 valence electrons. The summed E-state index contributed by atoms with van der Waals surface area (Å²) in [4.78, 5) is 0. The van der Waals surface area contributed by atoms with Crippen LogP contribution in [-0.2, 0) is 0 Å². The third-order valence-corrected chi connectivity index (χ3v) is 2.76.